The molecular formula is C70H137NO5. The Morgan fingerprint density at radius 1 is 0.355 bits per heavy atom. The molecule has 0 aromatic heterocycles. The molecule has 0 saturated heterocycles. The molecule has 76 heavy (non-hydrogen) atoms. The third kappa shape index (κ3) is 61.8. The largest absolute Gasteiger partial charge is 0.466 e. The smallest absolute Gasteiger partial charge is 0.305 e. The Balaban J connectivity index is 3.41. The predicted molar refractivity (Wildman–Crippen MR) is 333 cm³/mol. The number of carbonyl (C=O) groups is 2. The molecule has 0 aliphatic rings. The van der Waals surface area contributed by atoms with Gasteiger partial charge in [0.25, 0.3) is 0 Å². The Kier molecular flexibility index (Phi) is 64.9. The van der Waals surface area contributed by atoms with Crippen LogP contribution < -0.4 is 5.32 Å². The Bertz CT molecular complexity index is 1140. The number of unbranched alkanes of at least 4 members (excludes halogenated alkanes) is 53. The van der Waals surface area contributed by atoms with Crippen LogP contribution in [0.5, 0.6) is 0 Å². The van der Waals surface area contributed by atoms with Crippen molar-refractivity contribution in [2.24, 2.45) is 0 Å². The number of aliphatic hydroxyl groups is 2. The maximum Gasteiger partial charge on any atom is 0.305 e. The Hall–Kier alpha value is -1.40. The average molecular weight is 1070 g/mol. The van der Waals surface area contributed by atoms with Crippen LogP contribution in [0.1, 0.15) is 399 Å². The third-order valence-electron chi connectivity index (χ3n) is 16.6. The SMILES string of the molecule is CCCCCCCCCCCCCCCCCCCCCCCCCCCC(O)C(CO)NC(=O)CCCCCCCCC/C=C\CCCCCCCCCCCCCCOC(=O)CCCCCCCCCCCCC. The third-order valence-corrected chi connectivity index (χ3v) is 16.6. The lowest BCUT2D eigenvalue weighted by atomic mass is 10.0. The van der Waals surface area contributed by atoms with Crippen molar-refractivity contribution >= 4 is 11.9 Å². The zero-order chi connectivity index (χ0) is 55.0. The maximum absolute atomic E-state index is 12.6. The summed E-state index contributed by atoms with van der Waals surface area (Å²) >= 11 is 0. The molecule has 0 rings (SSSR count). The van der Waals surface area contributed by atoms with Gasteiger partial charge in [-0.1, -0.05) is 347 Å². The fraction of sp³-hybridized carbons (Fsp3) is 0.943. The van der Waals surface area contributed by atoms with E-state index in [-0.39, 0.29) is 18.5 Å². The summed E-state index contributed by atoms with van der Waals surface area (Å²) in [6, 6.07) is -0.547. The van der Waals surface area contributed by atoms with Crippen LogP contribution in [0.3, 0.4) is 0 Å². The first-order valence-corrected chi connectivity index (χ1v) is 34.9. The van der Waals surface area contributed by atoms with Crippen molar-refractivity contribution in [3.05, 3.63) is 12.2 Å². The molecule has 452 valence electrons. The summed E-state index contributed by atoms with van der Waals surface area (Å²) in [6.45, 7) is 4.99. The molecule has 6 heteroatoms. The van der Waals surface area contributed by atoms with Crippen LogP contribution in [0, 0.1) is 0 Å². The van der Waals surface area contributed by atoms with E-state index in [9.17, 15) is 19.8 Å². The zero-order valence-electron chi connectivity index (χ0n) is 51.8. The lowest BCUT2D eigenvalue weighted by Crippen LogP contribution is -2.45. The van der Waals surface area contributed by atoms with E-state index in [0.29, 0.717) is 25.9 Å². The second-order valence-corrected chi connectivity index (χ2v) is 24.2. The molecule has 0 aromatic rings. The number of esters is 1. The van der Waals surface area contributed by atoms with Crippen LogP contribution in [-0.4, -0.2) is 47.4 Å². The first-order chi connectivity index (χ1) is 37.5. The predicted octanol–water partition coefficient (Wildman–Crippen LogP) is 22.4. The molecule has 2 unspecified atom stereocenters. The van der Waals surface area contributed by atoms with E-state index in [2.05, 4.69) is 31.3 Å². The zero-order valence-corrected chi connectivity index (χ0v) is 51.8. The van der Waals surface area contributed by atoms with Gasteiger partial charge in [-0.3, -0.25) is 9.59 Å². The highest BCUT2D eigenvalue weighted by Crippen LogP contribution is 2.19. The highest BCUT2D eigenvalue weighted by molar-refractivity contribution is 5.76. The standard InChI is InChI=1S/C70H137NO5/c1-3-5-7-9-11-13-15-16-17-18-19-20-21-22-24-27-30-33-36-39-43-46-50-54-58-62-68(73)67(66-72)71-69(74)63-59-55-51-47-44-40-37-34-31-28-25-23-26-29-32-35-38-41-45-49-53-57-61-65-76-70(75)64-60-56-52-48-42-14-12-10-8-6-4-2/h28,31,67-68,72-73H,3-27,29-30,32-66H2,1-2H3,(H,71,74)/b31-28-. The Morgan fingerprint density at radius 2 is 0.618 bits per heavy atom. The van der Waals surface area contributed by atoms with Gasteiger partial charge in [-0.2, -0.15) is 0 Å². The molecule has 6 nitrogen and oxygen atoms in total. The van der Waals surface area contributed by atoms with Gasteiger partial charge < -0.3 is 20.3 Å². The molecule has 0 saturated carbocycles. The molecule has 0 fully saturated rings. The second-order valence-electron chi connectivity index (χ2n) is 24.2. The maximum atomic E-state index is 12.6. The summed E-state index contributed by atoms with van der Waals surface area (Å²) in [4.78, 5) is 24.6. The van der Waals surface area contributed by atoms with Gasteiger partial charge >= 0.3 is 5.97 Å². The number of aliphatic hydroxyl groups excluding tert-OH is 2. The molecule has 0 aliphatic carbocycles. The van der Waals surface area contributed by atoms with Gasteiger partial charge in [0.1, 0.15) is 0 Å². The summed E-state index contributed by atoms with van der Waals surface area (Å²) in [7, 11) is 0. The van der Waals surface area contributed by atoms with Gasteiger partial charge in [0.15, 0.2) is 0 Å². The fourth-order valence-electron chi connectivity index (χ4n) is 11.2. The van der Waals surface area contributed by atoms with Crippen LogP contribution >= 0.6 is 0 Å². The summed E-state index contributed by atoms with van der Waals surface area (Å²) in [5.74, 6) is -0.0237. The van der Waals surface area contributed by atoms with Crippen molar-refractivity contribution in [2.45, 2.75) is 411 Å². The summed E-state index contributed by atoms with van der Waals surface area (Å²) < 4.78 is 5.47. The van der Waals surface area contributed by atoms with Crippen molar-refractivity contribution < 1.29 is 24.5 Å². The summed E-state index contributed by atoms with van der Waals surface area (Å²) in [5, 5.41) is 23.4. The van der Waals surface area contributed by atoms with E-state index >= 15 is 0 Å². The monoisotopic (exact) mass is 1070 g/mol. The molecule has 3 N–H and O–H groups in total. The van der Waals surface area contributed by atoms with Gasteiger partial charge in [-0.05, 0) is 51.4 Å². The number of amides is 1. The number of carbonyl (C=O) groups excluding carboxylic acids is 2. The van der Waals surface area contributed by atoms with Crippen molar-refractivity contribution in [3.63, 3.8) is 0 Å². The number of hydrogen-bond acceptors (Lipinski definition) is 5. The highest BCUT2D eigenvalue weighted by atomic mass is 16.5. The van der Waals surface area contributed by atoms with E-state index < -0.39 is 12.1 Å². The van der Waals surface area contributed by atoms with Crippen molar-refractivity contribution in [3.8, 4) is 0 Å². The summed E-state index contributed by atoms with van der Waals surface area (Å²) in [5.41, 5.74) is 0. The first-order valence-electron chi connectivity index (χ1n) is 34.9. The highest BCUT2D eigenvalue weighted by Gasteiger charge is 2.20. The van der Waals surface area contributed by atoms with Gasteiger partial charge in [0.05, 0.1) is 25.4 Å². The molecular weight excluding hydrogens is 935 g/mol. The minimum atomic E-state index is -0.669. The number of allylic oxidation sites excluding steroid dienone is 2. The van der Waals surface area contributed by atoms with E-state index in [4.69, 9.17) is 4.74 Å². The van der Waals surface area contributed by atoms with Crippen molar-refractivity contribution in [1.82, 2.24) is 5.32 Å². The molecule has 0 radical (unpaired) electrons. The molecule has 0 spiro atoms. The number of nitrogens with one attached hydrogen (secondary N) is 1. The van der Waals surface area contributed by atoms with Gasteiger partial charge in [0, 0.05) is 12.8 Å². The topological polar surface area (TPSA) is 95.9 Å². The minimum absolute atomic E-state index is 0.0123. The van der Waals surface area contributed by atoms with Crippen molar-refractivity contribution in [2.75, 3.05) is 13.2 Å². The van der Waals surface area contributed by atoms with Crippen LogP contribution in [0.2, 0.25) is 0 Å². The molecule has 2 atom stereocenters. The number of rotatable bonds is 66. The molecule has 0 bridgehead atoms. The number of ether oxygens (including phenoxy) is 1. The summed E-state index contributed by atoms with van der Waals surface area (Å²) in [6.07, 6.45) is 81.1. The average Bonchev–Trinajstić information content (AvgIpc) is 3.42. The molecule has 0 aromatic carbocycles. The van der Waals surface area contributed by atoms with Crippen LogP contribution in [-0.2, 0) is 14.3 Å². The van der Waals surface area contributed by atoms with Crippen LogP contribution in [0.25, 0.3) is 0 Å². The fourth-order valence-corrected chi connectivity index (χ4v) is 11.2. The van der Waals surface area contributed by atoms with Gasteiger partial charge in [-0.15, -0.1) is 0 Å². The number of hydrogen-bond donors (Lipinski definition) is 3. The quantitative estimate of drug-likeness (QED) is 0.0320. The van der Waals surface area contributed by atoms with Crippen LogP contribution in [0.4, 0.5) is 0 Å². The van der Waals surface area contributed by atoms with E-state index in [0.717, 1.165) is 38.5 Å². The molecule has 0 aliphatic heterocycles. The Labute approximate surface area is 476 Å². The normalized spacial score (nSPS) is 12.5. The second kappa shape index (κ2) is 66.1. The lowest BCUT2D eigenvalue weighted by Gasteiger charge is -2.22. The van der Waals surface area contributed by atoms with Crippen molar-refractivity contribution in [1.29, 1.82) is 0 Å². The van der Waals surface area contributed by atoms with E-state index in [1.807, 2.05) is 0 Å². The van der Waals surface area contributed by atoms with Gasteiger partial charge in [0.2, 0.25) is 5.91 Å². The van der Waals surface area contributed by atoms with Crippen LogP contribution in [0.15, 0.2) is 12.2 Å². The van der Waals surface area contributed by atoms with E-state index in [1.165, 1.54) is 327 Å². The first kappa shape index (κ1) is 74.6. The lowest BCUT2D eigenvalue weighted by molar-refractivity contribution is -0.143. The van der Waals surface area contributed by atoms with Gasteiger partial charge in [-0.25, -0.2) is 0 Å². The molecule has 0 heterocycles. The Morgan fingerprint density at radius 3 is 0.934 bits per heavy atom. The minimum Gasteiger partial charge on any atom is -0.466 e. The molecule has 1 amide bonds. The van der Waals surface area contributed by atoms with E-state index in [1.54, 1.807) is 0 Å².